The molecule has 1 nitrogen and oxygen atoms in total. The van der Waals surface area contributed by atoms with Crippen molar-refractivity contribution in [3.63, 3.8) is 0 Å². The normalized spacial score (nSPS) is 12.4. The fourth-order valence-corrected chi connectivity index (χ4v) is 2.24. The first-order valence-electron chi connectivity index (χ1n) is 7.77. The Morgan fingerprint density at radius 1 is 0.647 bits per heavy atom. The van der Waals surface area contributed by atoms with Gasteiger partial charge in [-0.05, 0) is 46.7 Å². The van der Waals surface area contributed by atoms with E-state index in [9.17, 15) is 0 Å². The highest BCUT2D eigenvalue weighted by molar-refractivity contribution is 4.76. The molecule has 0 aromatic rings. The van der Waals surface area contributed by atoms with E-state index < -0.39 is 0 Å². The molecule has 0 heterocycles. The van der Waals surface area contributed by atoms with Gasteiger partial charge in [0.15, 0.2) is 0 Å². The Morgan fingerprint density at radius 3 is 1.35 bits per heavy atom. The summed E-state index contributed by atoms with van der Waals surface area (Å²) in [7, 11) is 0. The zero-order valence-electron chi connectivity index (χ0n) is 13.0. The molecule has 0 atom stereocenters. The van der Waals surface area contributed by atoms with Gasteiger partial charge in [0.1, 0.15) is 0 Å². The molecule has 0 aliphatic heterocycles. The summed E-state index contributed by atoms with van der Waals surface area (Å²) >= 11 is 0. The lowest BCUT2D eigenvalue weighted by Crippen LogP contribution is -2.42. The average Bonchev–Trinajstić information content (AvgIpc) is 2.25. The van der Waals surface area contributed by atoms with E-state index in [1.165, 1.54) is 64.5 Å². The largest absolute Gasteiger partial charge is 0.298 e. The highest BCUT2D eigenvalue weighted by atomic mass is 15.2. The van der Waals surface area contributed by atoms with Crippen LogP contribution in [0.3, 0.4) is 0 Å². The van der Waals surface area contributed by atoms with Gasteiger partial charge in [-0.2, -0.15) is 0 Å². The van der Waals surface area contributed by atoms with Crippen LogP contribution in [-0.4, -0.2) is 23.5 Å². The topological polar surface area (TPSA) is 3.24 Å². The van der Waals surface area contributed by atoms with Gasteiger partial charge in [-0.3, -0.25) is 4.90 Å². The minimum Gasteiger partial charge on any atom is -0.298 e. The van der Waals surface area contributed by atoms with Gasteiger partial charge in [-0.15, -0.1) is 0 Å². The van der Waals surface area contributed by atoms with Crippen molar-refractivity contribution in [3.05, 3.63) is 0 Å². The van der Waals surface area contributed by atoms with Gasteiger partial charge in [-0.1, -0.05) is 52.4 Å². The maximum atomic E-state index is 2.68. The summed E-state index contributed by atoms with van der Waals surface area (Å²) in [5.74, 6) is 0. The lowest BCUT2D eigenvalue weighted by atomic mass is 10.0. The molecule has 0 radical (unpaired) electrons. The predicted molar refractivity (Wildman–Crippen MR) is 79.6 cm³/mol. The van der Waals surface area contributed by atoms with Crippen molar-refractivity contribution in [2.75, 3.05) is 13.1 Å². The molecule has 0 aromatic heterocycles. The lowest BCUT2D eigenvalue weighted by molar-refractivity contribution is 0.130. The van der Waals surface area contributed by atoms with Crippen molar-refractivity contribution in [1.29, 1.82) is 0 Å². The summed E-state index contributed by atoms with van der Waals surface area (Å²) in [5.41, 5.74) is 0.346. The van der Waals surface area contributed by atoms with Crippen LogP contribution >= 0.6 is 0 Å². The summed E-state index contributed by atoms with van der Waals surface area (Å²) in [4.78, 5) is 2.68. The first-order valence-corrected chi connectivity index (χ1v) is 7.77. The Labute approximate surface area is 110 Å². The zero-order valence-corrected chi connectivity index (χ0v) is 13.0. The molecular weight excluding hydrogens is 206 g/mol. The molecule has 0 saturated heterocycles. The summed E-state index contributed by atoms with van der Waals surface area (Å²) in [6.45, 7) is 14.2. The van der Waals surface area contributed by atoms with Crippen LogP contribution in [0.15, 0.2) is 0 Å². The molecule has 0 aliphatic carbocycles. The Morgan fingerprint density at radius 2 is 1.06 bits per heavy atom. The molecule has 0 rings (SSSR count). The number of unbranched alkanes of at least 4 members (excludes halogenated alkanes) is 6. The van der Waals surface area contributed by atoms with E-state index in [2.05, 4.69) is 39.5 Å². The van der Waals surface area contributed by atoms with Gasteiger partial charge in [0.05, 0.1) is 0 Å². The second-order valence-electron chi connectivity index (χ2n) is 6.28. The molecule has 0 amide bonds. The quantitative estimate of drug-likeness (QED) is 0.472. The predicted octanol–water partition coefficient (Wildman–Crippen LogP) is 5.25. The van der Waals surface area contributed by atoms with E-state index in [0.29, 0.717) is 5.54 Å². The van der Waals surface area contributed by atoms with Crippen LogP contribution in [0.1, 0.15) is 86.0 Å². The van der Waals surface area contributed by atoms with Crippen LogP contribution in [0.25, 0.3) is 0 Å². The smallest absolute Gasteiger partial charge is 0.0125 e. The fraction of sp³-hybridized carbons (Fsp3) is 1.00. The van der Waals surface area contributed by atoms with Crippen molar-refractivity contribution in [2.24, 2.45) is 0 Å². The van der Waals surface area contributed by atoms with E-state index in [1.54, 1.807) is 0 Å². The second-order valence-corrected chi connectivity index (χ2v) is 6.28. The number of nitrogens with zero attached hydrogens (tertiary/aromatic N) is 1. The van der Waals surface area contributed by atoms with E-state index in [0.717, 1.165) is 0 Å². The molecule has 0 bridgehead atoms. The maximum Gasteiger partial charge on any atom is 0.0125 e. The molecule has 0 fully saturated rings. The van der Waals surface area contributed by atoms with Crippen LogP contribution in [0.5, 0.6) is 0 Å². The molecule has 0 aromatic carbocycles. The fourth-order valence-electron chi connectivity index (χ4n) is 2.24. The Bertz CT molecular complexity index is 145. The third-order valence-corrected chi connectivity index (χ3v) is 3.51. The van der Waals surface area contributed by atoms with E-state index in [-0.39, 0.29) is 0 Å². The number of rotatable bonds is 10. The third kappa shape index (κ3) is 9.64. The van der Waals surface area contributed by atoms with Crippen LogP contribution in [0.2, 0.25) is 0 Å². The van der Waals surface area contributed by atoms with Gasteiger partial charge >= 0.3 is 0 Å². The minimum absolute atomic E-state index is 0.346. The van der Waals surface area contributed by atoms with Gasteiger partial charge in [0.2, 0.25) is 0 Å². The molecular formula is C16H35N. The highest BCUT2D eigenvalue weighted by Gasteiger charge is 2.19. The zero-order chi connectivity index (χ0) is 13.1. The Hall–Kier alpha value is -0.0400. The Kier molecular flexibility index (Phi) is 9.91. The van der Waals surface area contributed by atoms with Gasteiger partial charge < -0.3 is 0 Å². The summed E-state index contributed by atoms with van der Waals surface area (Å²) in [6.07, 6.45) is 11.0. The van der Waals surface area contributed by atoms with Crippen molar-refractivity contribution in [1.82, 2.24) is 4.90 Å². The standard InChI is InChI=1S/C16H35N/c1-6-8-10-12-14-17(16(3,4)5)15-13-11-9-7-2/h6-15H2,1-5H3. The highest BCUT2D eigenvalue weighted by Crippen LogP contribution is 2.16. The maximum absolute atomic E-state index is 2.68. The van der Waals surface area contributed by atoms with Crippen LogP contribution in [0.4, 0.5) is 0 Å². The van der Waals surface area contributed by atoms with Gasteiger partial charge in [0.25, 0.3) is 0 Å². The van der Waals surface area contributed by atoms with Crippen molar-refractivity contribution in [3.8, 4) is 0 Å². The second kappa shape index (κ2) is 9.94. The molecule has 0 aliphatic rings. The summed E-state index contributed by atoms with van der Waals surface area (Å²) in [5, 5.41) is 0. The van der Waals surface area contributed by atoms with Crippen LogP contribution in [0, 0.1) is 0 Å². The van der Waals surface area contributed by atoms with Crippen molar-refractivity contribution >= 4 is 0 Å². The molecule has 0 N–H and O–H groups in total. The first kappa shape index (κ1) is 17.0. The van der Waals surface area contributed by atoms with Gasteiger partial charge in [-0.25, -0.2) is 0 Å². The van der Waals surface area contributed by atoms with Crippen molar-refractivity contribution < 1.29 is 0 Å². The molecule has 17 heavy (non-hydrogen) atoms. The van der Waals surface area contributed by atoms with Crippen LogP contribution in [-0.2, 0) is 0 Å². The molecule has 0 saturated carbocycles. The van der Waals surface area contributed by atoms with E-state index in [4.69, 9.17) is 0 Å². The molecule has 0 unspecified atom stereocenters. The molecule has 0 spiro atoms. The molecule has 1 heteroatoms. The van der Waals surface area contributed by atoms with E-state index >= 15 is 0 Å². The first-order chi connectivity index (χ1) is 8.02. The summed E-state index contributed by atoms with van der Waals surface area (Å²) in [6, 6.07) is 0. The van der Waals surface area contributed by atoms with Gasteiger partial charge in [0, 0.05) is 5.54 Å². The third-order valence-electron chi connectivity index (χ3n) is 3.51. The van der Waals surface area contributed by atoms with Crippen molar-refractivity contribution in [2.45, 2.75) is 91.5 Å². The van der Waals surface area contributed by atoms with E-state index in [1.807, 2.05) is 0 Å². The molecule has 104 valence electrons. The Balaban J connectivity index is 3.81. The lowest BCUT2D eigenvalue weighted by Gasteiger charge is -2.36. The minimum atomic E-state index is 0.346. The number of hydrogen-bond acceptors (Lipinski definition) is 1. The van der Waals surface area contributed by atoms with Crippen LogP contribution < -0.4 is 0 Å². The average molecular weight is 241 g/mol. The summed E-state index contributed by atoms with van der Waals surface area (Å²) < 4.78 is 0. The number of hydrogen-bond donors (Lipinski definition) is 0. The SMILES string of the molecule is CCCCCCN(CCCCCC)C(C)(C)C. The monoisotopic (exact) mass is 241 g/mol.